The average molecular weight is 343 g/mol. The molecule has 1 fully saturated rings. The molecule has 3 amide bonds. The maximum Gasteiger partial charge on any atom is 0.247 e. The van der Waals surface area contributed by atoms with Gasteiger partial charge in [0, 0.05) is 25.9 Å². The smallest absolute Gasteiger partial charge is 0.247 e. The fourth-order valence-corrected chi connectivity index (χ4v) is 2.89. The Bertz CT molecular complexity index is 430. The van der Waals surface area contributed by atoms with Crippen molar-refractivity contribution in [3.8, 4) is 0 Å². The highest BCUT2D eigenvalue weighted by Gasteiger charge is 2.28. The van der Waals surface area contributed by atoms with Gasteiger partial charge >= 0.3 is 0 Å². The van der Waals surface area contributed by atoms with E-state index in [-0.39, 0.29) is 12.3 Å². The second-order valence-electron chi connectivity index (χ2n) is 6.35. The molecule has 2 unspecified atom stereocenters. The molecule has 0 aliphatic carbocycles. The second-order valence-corrected chi connectivity index (χ2v) is 6.35. The Hall–Kier alpha value is -1.67. The first-order valence-corrected chi connectivity index (χ1v) is 8.58. The van der Waals surface area contributed by atoms with Gasteiger partial charge in [-0.15, -0.1) is 0 Å². The predicted octanol–water partition coefficient (Wildman–Crippen LogP) is 0.178. The van der Waals surface area contributed by atoms with Crippen LogP contribution >= 0.6 is 0 Å². The van der Waals surface area contributed by atoms with Crippen LogP contribution in [0.1, 0.15) is 51.4 Å². The maximum atomic E-state index is 12.4. The Morgan fingerprint density at radius 2 is 1.83 bits per heavy atom. The highest BCUT2D eigenvalue weighted by molar-refractivity contribution is 5.90. The molecule has 4 N–H and O–H groups in total. The van der Waals surface area contributed by atoms with Crippen LogP contribution in [-0.2, 0) is 14.4 Å². The number of rotatable bonds is 3. The zero-order valence-corrected chi connectivity index (χ0v) is 14.3. The van der Waals surface area contributed by atoms with E-state index in [4.69, 9.17) is 5.21 Å². The van der Waals surface area contributed by atoms with Gasteiger partial charge < -0.3 is 15.3 Å². The number of nitrogens with one attached hydrogen (secondary N) is 2. The molecule has 1 heterocycles. The third kappa shape index (κ3) is 6.84. The van der Waals surface area contributed by atoms with Crippen LogP contribution in [0.2, 0.25) is 0 Å². The van der Waals surface area contributed by atoms with E-state index >= 15 is 0 Å². The molecule has 8 heteroatoms. The summed E-state index contributed by atoms with van der Waals surface area (Å²) >= 11 is 0. The van der Waals surface area contributed by atoms with E-state index < -0.39 is 30.4 Å². The highest BCUT2D eigenvalue weighted by atomic mass is 16.5. The lowest BCUT2D eigenvalue weighted by atomic mass is 9.95. The first-order chi connectivity index (χ1) is 11.5. The van der Waals surface area contributed by atoms with Gasteiger partial charge in [0.05, 0.1) is 6.61 Å². The van der Waals surface area contributed by atoms with Crippen molar-refractivity contribution in [2.24, 2.45) is 5.92 Å². The quantitative estimate of drug-likeness (QED) is 0.430. The number of nitrogens with zero attached hydrogens (tertiary/aromatic N) is 1. The minimum atomic E-state index is -1.01. The number of aliphatic hydroxyl groups excluding tert-OH is 1. The van der Waals surface area contributed by atoms with Crippen molar-refractivity contribution in [1.29, 1.82) is 0 Å². The monoisotopic (exact) mass is 343 g/mol. The summed E-state index contributed by atoms with van der Waals surface area (Å²) in [6.07, 6.45) is 6.18. The minimum Gasteiger partial charge on any atom is -0.394 e. The zero-order chi connectivity index (χ0) is 17.9. The van der Waals surface area contributed by atoms with Crippen molar-refractivity contribution in [2.75, 3.05) is 20.2 Å². The summed E-state index contributed by atoms with van der Waals surface area (Å²) in [5.74, 6) is -2.06. The second kappa shape index (κ2) is 11.0. The van der Waals surface area contributed by atoms with E-state index in [2.05, 4.69) is 5.32 Å². The molecule has 0 aromatic carbocycles. The van der Waals surface area contributed by atoms with Gasteiger partial charge in [0.2, 0.25) is 17.7 Å². The first kappa shape index (κ1) is 20.4. The number of carbonyl (C=O) groups excluding carboxylic acids is 3. The topological polar surface area (TPSA) is 119 Å². The summed E-state index contributed by atoms with van der Waals surface area (Å²) in [4.78, 5) is 37.6. The normalized spacial score (nSPS) is 24.9. The molecule has 0 radical (unpaired) electrons. The van der Waals surface area contributed by atoms with Gasteiger partial charge in [0.15, 0.2) is 0 Å². The molecule has 0 aromatic rings. The lowest BCUT2D eigenvalue weighted by Crippen LogP contribution is -2.51. The lowest BCUT2D eigenvalue weighted by Gasteiger charge is -2.25. The molecule has 1 aliphatic heterocycles. The summed E-state index contributed by atoms with van der Waals surface area (Å²) < 4.78 is 0. The highest BCUT2D eigenvalue weighted by Crippen LogP contribution is 2.17. The molecule has 8 nitrogen and oxygen atoms in total. The van der Waals surface area contributed by atoms with Crippen LogP contribution in [0.4, 0.5) is 0 Å². The standard InChI is InChI=1S/C16H29N3O5/c1-19-9-7-5-3-2-4-6-8-12(10-14(21)18-24)15(22)17-13(11-20)16(19)23/h12-13,20,24H,2-11H2,1H3,(H,17,22)(H,18,21). The predicted molar refractivity (Wildman–Crippen MR) is 87.0 cm³/mol. The zero-order valence-electron chi connectivity index (χ0n) is 14.3. The van der Waals surface area contributed by atoms with Crippen molar-refractivity contribution in [3.05, 3.63) is 0 Å². The van der Waals surface area contributed by atoms with E-state index in [1.807, 2.05) is 0 Å². The summed E-state index contributed by atoms with van der Waals surface area (Å²) in [5.41, 5.74) is 1.53. The largest absolute Gasteiger partial charge is 0.394 e. The van der Waals surface area contributed by atoms with E-state index in [1.165, 1.54) is 10.4 Å². The number of hydroxylamine groups is 1. The van der Waals surface area contributed by atoms with Gasteiger partial charge in [-0.3, -0.25) is 19.6 Å². The van der Waals surface area contributed by atoms with Crippen molar-refractivity contribution >= 4 is 17.7 Å². The van der Waals surface area contributed by atoms with Crippen molar-refractivity contribution in [2.45, 2.75) is 57.4 Å². The molecule has 0 aromatic heterocycles. The van der Waals surface area contributed by atoms with Crippen molar-refractivity contribution in [3.63, 3.8) is 0 Å². The molecule has 0 bridgehead atoms. The number of hydrogen-bond donors (Lipinski definition) is 4. The van der Waals surface area contributed by atoms with Crippen molar-refractivity contribution < 1.29 is 24.7 Å². The van der Waals surface area contributed by atoms with Crippen LogP contribution in [0.15, 0.2) is 0 Å². The Morgan fingerprint density at radius 3 is 2.46 bits per heavy atom. The van der Waals surface area contributed by atoms with Crippen LogP contribution in [0.25, 0.3) is 0 Å². The number of likely N-dealkylation sites (N-methyl/N-ethyl adjacent to an activating group) is 1. The Kier molecular flexibility index (Phi) is 9.33. The molecule has 1 aliphatic rings. The van der Waals surface area contributed by atoms with E-state index in [0.717, 1.165) is 38.5 Å². The van der Waals surface area contributed by atoms with E-state index in [9.17, 15) is 19.5 Å². The third-order valence-electron chi connectivity index (χ3n) is 4.40. The number of carbonyl (C=O) groups is 3. The van der Waals surface area contributed by atoms with Crippen LogP contribution in [0.5, 0.6) is 0 Å². The van der Waals surface area contributed by atoms with Gasteiger partial charge in [0.25, 0.3) is 0 Å². The molecule has 138 valence electrons. The average Bonchev–Trinajstić information content (AvgIpc) is 2.58. The minimum absolute atomic E-state index is 0.148. The van der Waals surface area contributed by atoms with Crippen LogP contribution < -0.4 is 10.8 Å². The molecule has 24 heavy (non-hydrogen) atoms. The van der Waals surface area contributed by atoms with Crippen molar-refractivity contribution in [1.82, 2.24) is 15.7 Å². The third-order valence-corrected chi connectivity index (χ3v) is 4.40. The Balaban J connectivity index is 2.82. The van der Waals surface area contributed by atoms with Gasteiger partial charge in [-0.25, -0.2) is 5.48 Å². The molecule has 1 saturated heterocycles. The molecular formula is C16H29N3O5. The summed E-state index contributed by atoms with van der Waals surface area (Å²) in [6, 6.07) is -1.01. The van der Waals surface area contributed by atoms with E-state index in [0.29, 0.717) is 13.0 Å². The molecule has 1 rings (SSSR count). The fraction of sp³-hybridized carbons (Fsp3) is 0.812. The van der Waals surface area contributed by atoms with Gasteiger partial charge in [-0.1, -0.05) is 32.1 Å². The van der Waals surface area contributed by atoms with Gasteiger partial charge in [0.1, 0.15) is 6.04 Å². The van der Waals surface area contributed by atoms with E-state index in [1.54, 1.807) is 7.05 Å². The van der Waals surface area contributed by atoms with Crippen LogP contribution in [0, 0.1) is 5.92 Å². The SMILES string of the molecule is CN1CCCCCCCCC(CC(=O)NO)C(=O)NC(CO)C1=O. The summed E-state index contributed by atoms with van der Waals surface area (Å²) in [6.45, 7) is 0.0926. The van der Waals surface area contributed by atoms with Crippen LogP contribution in [-0.4, -0.2) is 59.2 Å². The molecule has 0 saturated carbocycles. The number of amides is 3. The molecular weight excluding hydrogens is 314 g/mol. The van der Waals surface area contributed by atoms with Crippen LogP contribution in [0.3, 0.4) is 0 Å². The number of hydrogen-bond acceptors (Lipinski definition) is 5. The van der Waals surface area contributed by atoms with Gasteiger partial charge in [-0.2, -0.15) is 0 Å². The maximum absolute atomic E-state index is 12.4. The molecule has 2 atom stereocenters. The first-order valence-electron chi connectivity index (χ1n) is 8.58. The fourth-order valence-electron chi connectivity index (χ4n) is 2.89. The molecule has 0 spiro atoms. The Morgan fingerprint density at radius 1 is 1.21 bits per heavy atom. The Labute approximate surface area is 142 Å². The number of aliphatic hydroxyl groups is 1. The summed E-state index contributed by atoms with van der Waals surface area (Å²) in [5, 5.41) is 20.6. The van der Waals surface area contributed by atoms with Gasteiger partial charge in [-0.05, 0) is 12.8 Å². The lowest BCUT2D eigenvalue weighted by molar-refractivity contribution is -0.139. The summed E-state index contributed by atoms with van der Waals surface area (Å²) in [7, 11) is 1.65.